The molecule has 1 atom stereocenters. The van der Waals surface area contributed by atoms with Gasteiger partial charge in [-0.25, -0.2) is 0 Å². The van der Waals surface area contributed by atoms with Gasteiger partial charge in [-0.05, 0) is 93.5 Å². The van der Waals surface area contributed by atoms with Crippen LogP contribution in [0.3, 0.4) is 0 Å². The third kappa shape index (κ3) is 11.3. The maximum absolute atomic E-state index is 9.94. The Bertz CT molecular complexity index is 830. The number of benzene rings is 2. The first-order valence-corrected chi connectivity index (χ1v) is 12.2. The summed E-state index contributed by atoms with van der Waals surface area (Å²) in [5, 5.41) is 9.94. The second-order valence-electron chi connectivity index (χ2n) is 9.17. The largest absolute Gasteiger partial charge is 0.489 e. The van der Waals surface area contributed by atoms with Crippen molar-refractivity contribution >= 4 is 0 Å². The first-order chi connectivity index (χ1) is 16.3. The second kappa shape index (κ2) is 15.0. The minimum Gasteiger partial charge on any atom is -0.489 e. The molecule has 0 fully saturated rings. The van der Waals surface area contributed by atoms with Crippen LogP contribution in [0, 0.1) is 0 Å². The molecule has 0 saturated heterocycles. The van der Waals surface area contributed by atoms with E-state index in [1.807, 2.05) is 52.0 Å². The zero-order chi connectivity index (χ0) is 24.8. The molecule has 0 aliphatic rings. The van der Waals surface area contributed by atoms with Crippen LogP contribution in [0.4, 0.5) is 0 Å². The van der Waals surface area contributed by atoms with Crippen molar-refractivity contribution in [3.63, 3.8) is 0 Å². The molecule has 34 heavy (non-hydrogen) atoms. The Kier molecular flexibility index (Phi) is 12.4. The standard InChI is InChI=1S/C28H42O6/c1-6-30-20-32-18-23-14-24(16-27(15-23)34-21-31-7-2)19-33-26-12-8-11-25(17-26)22(3)10-9-13-28(4,5)29/h8,11-12,14-17,22,29H,6-7,9-10,13,18-21H2,1-5H3. The van der Waals surface area contributed by atoms with Crippen molar-refractivity contribution in [2.45, 2.75) is 78.6 Å². The van der Waals surface area contributed by atoms with Gasteiger partial charge < -0.3 is 28.8 Å². The molecule has 0 heterocycles. The number of hydrogen-bond acceptors (Lipinski definition) is 6. The highest BCUT2D eigenvalue weighted by molar-refractivity contribution is 5.35. The van der Waals surface area contributed by atoms with Gasteiger partial charge in [0.1, 0.15) is 24.9 Å². The lowest BCUT2D eigenvalue weighted by Crippen LogP contribution is -2.18. The average Bonchev–Trinajstić information content (AvgIpc) is 2.80. The number of rotatable bonds is 17. The van der Waals surface area contributed by atoms with Gasteiger partial charge >= 0.3 is 0 Å². The predicted octanol–water partition coefficient (Wildman–Crippen LogP) is 6.19. The molecule has 0 saturated carbocycles. The van der Waals surface area contributed by atoms with E-state index in [-0.39, 0.29) is 13.6 Å². The maximum Gasteiger partial charge on any atom is 0.189 e. The van der Waals surface area contributed by atoms with Crippen LogP contribution in [-0.2, 0) is 27.4 Å². The minimum atomic E-state index is -0.613. The highest BCUT2D eigenvalue weighted by Crippen LogP contribution is 2.27. The summed E-state index contributed by atoms with van der Waals surface area (Å²) in [4.78, 5) is 0. The van der Waals surface area contributed by atoms with Crippen LogP contribution in [0.5, 0.6) is 11.5 Å². The van der Waals surface area contributed by atoms with Gasteiger partial charge in [0.05, 0.1) is 12.2 Å². The van der Waals surface area contributed by atoms with Crippen LogP contribution >= 0.6 is 0 Å². The molecule has 0 bridgehead atoms. The number of aliphatic hydroxyl groups is 1. The summed E-state index contributed by atoms with van der Waals surface area (Å²) in [6, 6.07) is 14.2. The molecule has 2 aromatic carbocycles. The van der Waals surface area contributed by atoms with Crippen molar-refractivity contribution in [1.82, 2.24) is 0 Å². The summed E-state index contributed by atoms with van der Waals surface area (Å²) in [5.74, 6) is 1.95. The van der Waals surface area contributed by atoms with Crippen molar-refractivity contribution in [2.24, 2.45) is 0 Å². The van der Waals surface area contributed by atoms with Gasteiger partial charge in [0.2, 0.25) is 0 Å². The summed E-state index contributed by atoms with van der Waals surface area (Å²) in [7, 11) is 0. The molecule has 0 radical (unpaired) electrons. The Morgan fingerprint density at radius 2 is 1.53 bits per heavy atom. The molecule has 1 unspecified atom stereocenters. The lowest BCUT2D eigenvalue weighted by atomic mass is 9.92. The van der Waals surface area contributed by atoms with E-state index in [2.05, 4.69) is 25.1 Å². The molecule has 0 amide bonds. The summed E-state index contributed by atoms with van der Waals surface area (Å²) in [5.41, 5.74) is 2.61. The number of hydrogen-bond donors (Lipinski definition) is 1. The number of ether oxygens (including phenoxy) is 5. The molecule has 190 valence electrons. The summed E-state index contributed by atoms with van der Waals surface area (Å²) in [6.45, 7) is 12.3. The molecule has 1 N–H and O–H groups in total. The predicted molar refractivity (Wildman–Crippen MR) is 134 cm³/mol. The molecule has 0 aliphatic carbocycles. The molecule has 0 aliphatic heterocycles. The fourth-order valence-electron chi connectivity index (χ4n) is 3.56. The highest BCUT2D eigenvalue weighted by atomic mass is 16.7. The molecular weight excluding hydrogens is 432 g/mol. The smallest absolute Gasteiger partial charge is 0.189 e. The molecule has 0 spiro atoms. The van der Waals surface area contributed by atoms with Crippen LogP contribution < -0.4 is 9.47 Å². The first-order valence-electron chi connectivity index (χ1n) is 12.2. The maximum atomic E-state index is 9.94. The minimum absolute atomic E-state index is 0.202. The van der Waals surface area contributed by atoms with Gasteiger partial charge in [-0.2, -0.15) is 0 Å². The van der Waals surface area contributed by atoms with Crippen molar-refractivity contribution < 1.29 is 28.8 Å². The Morgan fingerprint density at radius 3 is 2.24 bits per heavy atom. The topological polar surface area (TPSA) is 66.4 Å². The second-order valence-corrected chi connectivity index (χ2v) is 9.17. The Morgan fingerprint density at radius 1 is 0.824 bits per heavy atom. The first kappa shape index (κ1) is 28.1. The van der Waals surface area contributed by atoms with Crippen molar-refractivity contribution in [3.8, 4) is 11.5 Å². The molecule has 2 aromatic rings. The van der Waals surface area contributed by atoms with Crippen LogP contribution in [0.15, 0.2) is 42.5 Å². The Balaban J connectivity index is 2.00. The van der Waals surface area contributed by atoms with E-state index in [0.717, 1.165) is 41.9 Å². The average molecular weight is 475 g/mol. The fourth-order valence-corrected chi connectivity index (χ4v) is 3.56. The third-order valence-electron chi connectivity index (χ3n) is 5.44. The quantitative estimate of drug-likeness (QED) is 0.218. The SMILES string of the molecule is CCOCOCc1cc(COc2cccc(C(C)CCCC(C)(C)O)c2)cc(OCOCC)c1. The fraction of sp³-hybridized carbons (Fsp3) is 0.571. The lowest BCUT2D eigenvalue weighted by Gasteiger charge is -2.19. The van der Waals surface area contributed by atoms with Gasteiger partial charge in [0.15, 0.2) is 6.79 Å². The van der Waals surface area contributed by atoms with Gasteiger partial charge in [-0.15, -0.1) is 0 Å². The van der Waals surface area contributed by atoms with Crippen LogP contribution in [-0.4, -0.2) is 37.5 Å². The lowest BCUT2D eigenvalue weighted by molar-refractivity contribution is -0.0572. The van der Waals surface area contributed by atoms with E-state index in [9.17, 15) is 5.11 Å². The van der Waals surface area contributed by atoms with Crippen molar-refractivity contribution in [1.29, 1.82) is 0 Å². The van der Waals surface area contributed by atoms with Gasteiger partial charge in [0, 0.05) is 13.2 Å². The summed E-state index contributed by atoms with van der Waals surface area (Å²) < 4.78 is 28.0. The normalized spacial score (nSPS) is 12.5. The van der Waals surface area contributed by atoms with Crippen LogP contribution in [0.25, 0.3) is 0 Å². The molecular formula is C28H42O6. The molecule has 2 rings (SSSR count). The third-order valence-corrected chi connectivity index (χ3v) is 5.44. The van der Waals surface area contributed by atoms with E-state index in [1.54, 1.807) is 0 Å². The zero-order valence-corrected chi connectivity index (χ0v) is 21.5. The summed E-state index contributed by atoms with van der Waals surface area (Å²) in [6.07, 6.45) is 2.81. The molecule has 6 nitrogen and oxygen atoms in total. The van der Waals surface area contributed by atoms with E-state index < -0.39 is 5.60 Å². The van der Waals surface area contributed by atoms with Gasteiger partial charge in [0.25, 0.3) is 0 Å². The highest BCUT2D eigenvalue weighted by Gasteiger charge is 2.14. The van der Waals surface area contributed by atoms with Crippen molar-refractivity contribution in [3.05, 3.63) is 59.2 Å². The Hall–Kier alpha value is -2.12. The molecule has 6 heteroatoms. The van der Waals surface area contributed by atoms with E-state index in [0.29, 0.717) is 32.3 Å². The molecule has 0 aromatic heterocycles. The van der Waals surface area contributed by atoms with E-state index in [4.69, 9.17) is 23.7 Å². The van der Waals surface area contributed by atoms with Crippen LogP contribution in [0.2, 0.25) is 0 Å². The summed E-state index contributed by atoms with van der Waals surface area (Å²) >= 11 is 0. The monoisotopic (exact) mass is 474 g/mol. The van der Waals surface area contributed by atoms with Gasteiger partial charge in [-0.1, -0.05) is 25.5 Å². The Labute approximate surface area is 205 Å². The van der Waals surface area contributed by atoms with E-state index in [1.165, 1.54) is 5.56 Å². The zero-order valence-electron chi connectivity index (χ0n) is 21.5. The van der Waals surface area contributed by atoms with Crippen molar-refractivity contribution in [2.75, 3.05) is 26.8 Å². The van der Waals surface area contributed by atoms with Crippen LogP contribution in [0.1, 0.15) is 76.5 Å². The van der Waals surface area contributed by atoms with Gasteiger partial charge in [-0.3, -0.25) is 0 Å². The van der Waals surface area contributed by atoms with E-state index >= 15 is 0 Å².